The van der Waals surface area contributed by atoms with Crippen LogP contribution in [0.2, 0.25) is 0 Å². The number of hydrogen-bond donors (Lipinski definition) is 0. The number of ether oxygens (including phenoxy) is 2. The third-order valence-corrected chi connectivity index (χ3v) is 2.54. The van der Waals surface area contributed by atoms with Crippen LogP contribution in [0.1, 0.15) is 36.0 Å². The molecule has 1 heterocycles. The van der Waals surface area contributed by atoms with Gasteiger partial charge in [-0.15, -0.1) is 10.2 Å². The SMILES string of the molecule is CCOC(=O)c1ccc(OCc2nnc(CC)o2)cc1. The van der Waals surface area contributed by atoms with E-state index in [1.807, 2.05) is 6.92 Å². The van der Waals surface area contributed by atoms with E-state index in [2.05, 4.69) is 10.2 Å². The highest BCUT2D eigenvalue weighted by atomic mass is 16.5. The zero-order valence-corrected chi connectivity index (χ0v) is 11.5. The number of esters is 1. The highest BCUT2D eigenvalue weighted by Gasteiger charge is 2.07. The van der Waals surface area contributed by atoms with Gasteiger partial charge in [0.25, 0.3) is 5.89 Å². The molecule has 0 aliphatic heterocycles. The van der Waals surface area contributed by atoms with Gasteiger partial charge in [0.1, 0.15) is 5.75 Å². The molecule has 0 saturated heterocycles. The van der Waals surface area contributed by atoms with Crippen LogP contribution in [-0.2, 0) is 17.8 Å². The van der Waals surface area contributed by atoms with Crippen LogP contribution in [0.4, 0.5) is 0 Å². The Kier molecular flexibility index (Phi) is 4.70. The van der Waals surface area contributed by atoms with Crippen LogP contribution >= 0.6 is 0 Å². The lowest BCUT2D eigenvalue weighted by Crippen LogP contribution is -2.04. The van der Waals surface area contributed by atoms with E-state index in [0.717, 1.165) is 0 Å². The van der Waals surface area contributed by atoms with E-state index >= 15 is 0 Å². The molecule has 0 N–H and O–H groups in total. The molecule has 106 valence electrons. The Labute approximate surface area is 116 Å². The van der Waals surface area contributed by atoms with E-state index in [1.165, 1.54) is 0 Å². The van der Waals surface area contributed by atoms with Gasteiger partial charge in [-0.25, -0.2) is 4.79 Å². The minimum absolute atomic E-state index is 0.200. The van der Waals surface area contributed by atoms with Crippen molar-refractivity contribution in [2.24, 2.45) is 0 Å². The monoisotopic (exact) mass is 276 g/mol. The molecule has 0 aliphatic rings. The lowest BCUT2D eigenvalue weighted by Gasteiger charge is -2.05. The van der Waals surface area contributed by atoms with Crippen LogP contribution < -0.4 is 4.74 Å². The number of nitrogens with zero attached hydrogens (tertiary/aromatic N) is 2. The lowest BCUT2D eigenvalue weighted by atomic mass is 10.2. The van der Waals surface area contributed by atoms with Crippen LogP contribution in [0.5, 0.6) is 5.75 Å². The molecule has 2 rings (SSSR count). The lowest BCUT2D eigenvalue weighted by molar-refractivity contribution is 0.0526. The number of carbonyl (C=O) groups is 1. The standard InChI is InChI=1S/C14H16N2O4/c1-3-12-15-16-13(20-12)9-19-11-7-5-10(6-8-11)14(17)18-4-2/h5-8H,3-4,9H2,1-2H3. The molecule has 20 heavy (non-hydrogen) atoms. The van der Waals surface area contributed by atoms with Crippen molar-refractivity contribution in [1.29, 1.82) is 0 Å². The van der Waals surface area contributed by atoms with Gasteiger partial charge in [-0.1, -0.05) is 6.92 Å². The Morgan fingerprint density at radius 3 is 2.45 bits per heavy atom. The zero-order chi connectivity index (χ0) is 14.4. The van der Waals surface area contributed by atoms with Crippen molar-refractivity contribution >= 4 is 5.97 Å². The fourth-order valence-corrected chi connectivity index (χ4v) is 1.54. The van der Waals surface area contributed by atoms with Gasteiger partial charge in [-0.3, -0.25) is 0 Å². The Bertz CT molecular complexity index is 563. The van der Waals surface area contributed by atoms with Crippen molar-refractivity contribution in [2.45, 2.75) is 26.9 Å². The maximum atomic E-state index is 11.5. The van der Waals surface area contributed by atoms with Crippen LogP contribution in [0, 0.1) is 0 Å². The molecule has 0 atom stereocenters. The molecular weight excluding hydrogens is 260 g/mol. The number of hydrogen-bond acceptors (Lipinski definition) is 6. The fraction of sp³-hybridized carbons (Fsp3) is 0.357. The second kappa shape index (κ2) is 6.70. The summed E-state index contributed by atoms with van der Waals surface area (Å²) >= 11 is 0. The molecule has 6 heteroatoms. The van der Waals surface area contributed by atoms with E-state index in [-0.39, 0.29) is 12.6 Å². The van der Waals surface area contributed by atoms with Crippen LogP contribution in [-0.4, -0.2) is 22.8 Å². The summed E-state index contributed by atoms with van der Waals surface area (Å²) in [5.74, 6) is 1.29. The first-order valence-corrected chi connectivity index (χ1v) is 6.44. The van der Waals surface area contributed by atoms with Crippen molar-refractivity contribution in [3.05, 3.63) is 41.6 Å². The topological polar surface area (TPSA) is 74.5 Å². The number of carbonyl (C=O) groups excluding carboxylic acids is 1. The number of rotatable bonds is 6. The van der Waals surface area contributed by atoms with E-state index in [4.69, 9.17) is 13.9 Å². The Hall–Kier alpha value is -2.37. The first kappa shape index (κ1) is 14.0. The van der Waals surface area contributed by atoms with Gasteiger partial charge in [0.05, 0.1) is 12.2 Å². The molecule has 0 spiro atoms. The molecule has 1 aromatic carbocycles. The van der Waals surface area contributed by atoms with Gasteiger partial charge >= 0.3 is 5.97 Å². The average molecular weight is 276 g/mol. The van der Waals surface area contributed by atoms with E-state index in [0.29, 0.717) is 36.1 Å². The van der Waals surface area contributed by atoms with Crippen LogP contribution in [0.3, 0.4) is 0 Å². The summed E-state index contributed by atoms with van der Waals surface area (Å²) in [7, 11) is 0. The summed E-state index contributed by atoms with van der Waals surface area (Å²) in [6.45, 7) is 4.26. The molecule has 2 aromatic rings. The molecule has 0 aliphatic carbocycles. The van der Waals surface area contributed by atoms with Crippen molar-refractivity contribution in [2.75, 3.05) is 6.61 Å². The molecular formula is C14H16N2O4. The van der Waals surface area contributed by atoms with Crippen LogP contribution in [0.25, 0.3) is 0 Å². The van der Waals surface area contributed by atoms with Gasteiger partial charge in [0.15, 0.2) is 6.61 Å². The van der Waals surface area contributed by atoms with E-state index < -0.39 is 0 Å². The van der Waals surface area contributed by atoms with Crippen LogP contribution in [0.15, 0.2) is 28.7 Å². The third-order valence-electron chi connectivity index (χ3n) is 2.54. The molecule has 0 radical (unpaired) electrons. The molecule has 6 nitrogen and oxygen atoms in total. The predicted molar refractivity (Wildman–Crippen MR) is 70.4 cm³/mol. The fourth-order valence-electron chi connectivity index (χ4n) is 1.54. The largest absolute Gasteiger partial charge is 0.484 e. The highest BCUT2D eigenvalue weighted by molar-refractivity contribution is 5.89. The predicted octanol–water partition coefficient (Wildman–Crippen LogP) is 2.39. The second-order valence-electron chi connectivity index (χ2n) is 3.98. The first-order valence-electron chi connectivity index (χ1n) is 6.44. The van der Waals surface area contributed by atoms with Crippen molar-refractivity contribution in [3.63, 3.8) is 0 Å². The van der Waals surface area contributed by atoms with E-state index in [9.17, 15) is 4.79 Å². The maximum absolute atomic E-state index is 11.5. The average Bonchev–Trinajstić information content (AvgIpc) is 2.94. The molecule has 1 aromatic heterocycles. The summed E-state index contributed by atoms with van der Waals surface area (Å²) in [6.07, 6.45) is 0.696. The highest BCUT2D eigenvalue weighted by Crippen LogP contribution is 2.14. The van der Waals surface area contributed by atoms with E-state index in [1.54, 1.807) is 31.2 Å². The maximum Gasteiger partial charge on any atom is 0.338 e. The third kappa shape index (κ3) is 3.57. The first-order chi connectivity index (χ1) is 9.72. The summed E-state index contributed by atoms with van der Waals surface area (Å²) in [5.41, 5.74) is 0.491. The van der Waals surface area contributed by atoms with Crippen molar-refractivity contribution in [1.82, 2.24) is 10.2 Å². The molecule has 0 saturated carbocycles. The number of aryl methyl sites for hydroxylation is 1. The van der Waals surface area contributed by atoms with Gasteiger partial charge < -0.3 is 13.9 Å². The minimum Gasteiger partial charge on any atom is -0.484 e. The Morgan fingerprint density at radius 1 is 1.15 bits per heavy atom. The number of benzene rings is 1. The van der Waals surface area contributed by atoms with Gasteiger partial charge in [0, 0.05) is 6.42 Å². The molecule has 0 unspecified atom stereocenters. The van der Waals surface area contributed by atoms with Gasteiger partial charge in [-0.2, -0.15) is 0 Å². The molecule has 0 amide bonds. The Morgan fingerprint density at radius 2 is 1.85 bits per heavy atom. The normalized spacial score (nSPS) is 10.3. The smallest absolute Gasteiger partial charge is 0.338 e. The Balaban J connectivity index is 1.92. The minimum atomic E-state index is -0.344. The zero-order valence-electron chi connectivity index (χ0n) is 11.5. The second-order valence-corrected chi connectivity index (χ2v) is 3.98. The van der Waals surface area contributed by atoms with Gasteiger partial charge in [-0.05, 0) is 31.2 Å². The summed E-state index contributed by atoms with van der Waals surface area (Å²) < 4.78 is 15.7. The molecule has 0 bridgehead atoms. The van der Waals surface area contributed by atoms with Gasteiger partial charge in [0.2, 0.25) is 5.89 Å². The van der Waals surface area contributed by atoms with Crippen molar-refractivity contribution in [3.8, 4) is 5.75 Å². The van der Waals surface area contributed by atoms with Crippen molar-refractivity contribution < 1.29 is 18.7 Å². The summed E-state index contributed by atoms with van der Waals surface area (Å²) in [6, 6.07) is 6.70. The summed E-state index contributed by atoms with van der Waals surface area (Å²) in [5, 5.41) is 7.70. The quantitative estimate of drug-likeness (QED) is 0.754. The molecule has 0 fully saturated rings. The number of aromatic nitrogens is 2. The summed E-state index contributed by atoms with van der Waals surface area (Å²) in [4.78, 5) is 11.5.